The molecule has 96 valence electrons. The van der Waals surface area contributed by atoms with Gasteiger partial charge in [0.1, 0.15) is 0 Å². The maximum absolute atomic E-state index is 11.5. The largest absolute Gasteiger partial charge is 0.355 e. The Morgan fingerprint density at radius 2 is 2.35 bits per heavy atom. The predicted octanol–water partition coefficient (Wildman–Crippen LogP) is 0.907. The van der Waals surface area contributed by atoms with E-state index in [-0.39, 0.29) is 11.9 Å². The summed E-state index contributed by atoms with van der Waals surface area (Å²) >= 11 is 0. The topological polar surface area (TPSA) is 72.9 Å². The van der Waals surface area contributed by atoms with Crippen molar-refractivity contribution < 1.29 is 4.79 Å². The molecule has 0 bridgehead atoms. The minimum absolute atomic E-state index is 0.0329. The second-order valence-electron chi connectivity index (χ2n) is 4.19. The van der Waals surface area contributed by atoms with E-state index in [9.17, 15) is 4.79 Å². The summed E-state index contributed by atoms with van der Waals surface area (Å²) < 4.78 is 2.03. The van der Waals surface area contributed by atoms with Gasteiger partial charge in [0.05, 0.1) is 12.4 Å². The molecule has 17 heavy (non-hydrogen) atoms. The van der Waals surface area contributed by atoms with Gasteiger partial charge in [-0.2, -0.15) is 0 Å². The Balaban J connectivity index is 2.02. The average Bonchev–Trinajstić information content (AvgIpc) is 2.81. The normalized spacial score (nSPS) is 12.4. The van der Waals surface area contributed by atoms with Crippen LogP contribution in [-0.4, -0.2) is 28.0 Å². The van der Waals surface area contributed by atoms with Crippen molar-refractivity contribution in [2.24, 2.45) is 5.73 Å². The lowest BCUT2D eigenvalue weighted by atomic mass is 10.1. The van der Waals surface area contributed by atoms with E-state index in [1.165, 1.54) is 0 Å². The highest BCUT2D eigenvalue weighted by Gasteiger charge is 2.10. The molecule has 5 heteroatoms. The van der Waals surface area contributed by atoms with Crippen molar-refractivity contribution in [2.75, 3.05) is 6.54 Å². The fourth-order valence-corrected chi connectivity index (χ4v) is 1.62. The van der Waals surface area contributed by atoms with E-state index in [1.54, 1.807) is 12.5 Å². The van der Waals surface area contributed by atoms with E-state index in [2.05, 4.69) is 10.3 Å². The van der Waals surface area contributed by atoms with Gasteiger partial charge in [-0.15, -0.1) is 0 Å². The van der Waals surface area contributed by atoms with Gasteiger partial charge in [-0.1, -0.05) is 13.3 Å². The van der Waals surface area contributed by atoms with Gasteiger partial charge in [0.25, 0.3) is 0 Å². The fraction of sp³-hybridized carbons (Fsp3) is 0.667. The molecule has 0 aromatic carbocycles. The summed E-state index contributed by atoms with van der Waals surface area (Å²) in [6.07, 6.45) is 9.19. The highest BCUT2D eigenvalue weighted by molar-refractivity contribution is 5.81. The molecular weight excluding hydrogens is 216 g/mol. The van der Waals surface area contributed by atoms with Crippen molar-refractivity contribution in [3.8, 4) is 0 Å². The number of imidazole rings is 1. The molecule has 0 saturated carbocycles. The highest BCUT2D eigenvalue weighted by atomic mass is 16.2. The molecule has 0 fully saturated rings. The molecule has 0 saturated heterocycles. The van der Waals surface area contributed by atoms with E-state index in [0.717, 1.165) is 32.2 Å². The van der Waals surface area contributed by atoms with Crippen molar-refractivity contribution in [3.05, 3.63) is 18.7 Å². The lowest BCUT2D eigenvalue weighted by Crippen LogP contribution is -2.40. The summed E-state index contributed by atoms with van der Waals surface area (Å²) in [6.45, 7) is 3.67. The minimum Gasteiger partial charge on any atom is -0.355 e. The van der Waals surface area contributed by atoms with Gasteiger partial charge in [0.15, 0.2) is 0 Å². The molecule has 0 aliphatic carbocycles. The first kappa shape index (κ1) is 13.7. The standard InChI is InChI=1S/C12H22N4O/c1-2-5-11(13)12(17)15-6-3-4-8-16-9-7-14-10-16/h7,9-11H,2-6,8,13H2,1H3,(H,15,17)/t11-/m0/s1. The van der Waals surface area contributed by atoms with Crippen LogP contribution in [0.25, 0.3) is 0 Å². The number of hydrogen-bond donors (Lipinski definition) is 2. The van der Waals surface area contributed by atoms with Crippen molar-refractivity contribution in [2.45, 2.75) is 45.2 Å². The van der Waals surface area contributed by atoms with Crippen LogP contribution in [0.4, 0.5) is 0 Å². The number of amides is 1. The molecule has 0 radical (unpaired) electrons. The van der Waals surface area contributed by atoms with Crippen LogP contribution in [0.15, 0.2) is 18.7 Å². The highest BCUT2D eigenvalue weighted by Crippen LogP contribution is 1.96. The van der Waals surface area contributed by atoms with Gasteiger partial charge in [-0.25, -0.2) is 4.98 Å². The summed E-state index contributed by atoms with van der Waals surface area (Å²) in [6, 6.07) is -0.353. The van der Waals surface area contributed by atoms with Crippen LogP contribution in [-0.2, 0) is 11.3 Å². The number of nitrogens with one attached hydrogen (secondary N) is 1. The molecule has 0 aliphatic rings. The molecule has 5 nitrogen and oxygen atoms in total. The van der Waals surface area contributed by atoms with Crippen molar-refractivity contribution in [1.29, 1.82) is 0 Å². The van der Waals surface area contributed by atoms with Gasteiger partial charge in [0, 0.05) is 25.5 Å². The zero-order valence-corrected chi connectivity index (χ0v) is 10.4. The number of unbranched alkanes of at least 4 members (excludes halogenated alkanes) is 1. The van der Waals surface area contributed by atoms with E-state index in [4.69, 9.17) is 5.73 Å². The first-order valence-electron chi connectivity index (χ1n) is 6.23. The molecule has 1 aromatic rings. The quantitative estimate of drug-likeness (QED) is 0.661. The number of carbonyl (C=O) groups excluding carboxylic acids is 1. The summed E-state index contributed by atoms with van der Waals surface area (Å²) in [4.78, 5) is 15.4. The molecule has 1 rings (SSSR count). The smallest absolute Gasteiger partial charge is 0.236 e. The van der Waals surface area contributed by atoms with E-state index in [0.29, 0.717) is 6.54 Å². The van der Waals surface area contributed by atoms with Crippen molar-refractivity contribution >= 4 is 5.91 Å². The number of carbonyl (C=O) groups is 1. The van der Waals surface area contributed by atoms with E-state index >= 15 is 0 Å². The van der Waals surface area contributed by atoms with Crippen LogP contribution in [0.1, 0.15) is 32.6 Å². The van der Waals surface area contributed by atoms with Gasteiger partial charge in [-0.05, 0) is 19.3 Å². The van der Waals surface area contributed by atoms with Crippen molar-refractivity contribution in [3.63, 3.8) is 0 Å². The van der Waals surface area contributed by atoms with Crippen LogP contribution >= 0.6 is 0 Å². The Morgan fingerprint density at radius 1 is 1.53 bits per heavy atom. The van der Waals surface area contributed by atoms with E-state index < -0.39 is 0 Å². The Kier molecular flexibility index (Phi) is 6.32. The summed E-state index contributed by atoms with van der Waals surface area (Å²) in [7, 11) is 0. The maximum Gasteiger partial charge on any atom is 0.236 e. The fourth-order valence-electron chi connectivity index (χ4n) is 1.62. The van der Waals surface area contributed by atoms with Crippen LogP contribution in [0, 0.1) is 0 Å². The number of nitrogens with two attached hydrogens (primary N) is 1. The zero-order chi connectivity index (χ0) is 12.5. The average molecular weight is 238 g/mol. The van der Waals surface area contributed by atoms with Gasteiger partial charge in [-0.3, -0.25) is 4.79 Å². The van der Waals surface area contributed by atoms with Crippen LogP contribution in [0.3, 0.4) is 0 Å². The lowest BCUT2D eigenvalue weighted by Gasteiger charge is -2.10. The summed E-state index contributed by atoms with van der Waals surface area (Å²) in [5.74, 6) is -0.0329. The number of aromatic nitrogens is 2. The van der Waals surface area contributed by atoms with Gasteiger partial charge < -0.3 is 15.6 Å². The lowest BCUT2D eigenvalue weighted by molar-refractivity contribution is -0.122. The van der Waals surface area contributed by atoms with Crippen LogP contribution in [0.2, 0.25) is 0 Å². The molecule has 3 N–H and O–H groups in total. The third kappa shape index (κ3) is 5.49. The summed E-state index contributed by atoms with van der Waals surface area (Å²) in [5.41, 5.74) is 5.70. The molecule has 0 aliphatic heterocycles. The third-order valence-electron chi connectivity index (χ3n) is 2.64. The molecule has 1 atom stereocenters. The van der Waals surface area contributed by atoms with Gasteiger partial charge in [0.2, 0.25) is 5.91 Å². The Labute approximate surface area is 102 Å². The minimum atomic E-state index is -0.353. The number of aryl methyl sites for hydroxylation is 1. The molecule has 0 unspecified atom stereocenters. The first-order chi connectivity index (χ1) is 8.24. The molecule has 0 spiro atoms. The zero-order valence-electron chi connectivity index (χ0n) is 10.4. The second-order valence-corrected chi connectivity index (χ2v) is 4.19. The van der Waals surface area contributed by atoms with E-state index in [1.807, 2.05) is 17.7 Å². The molecule has 1 aromatic heterocycles. The van der Waals surface area contributed by atoms with Crippen LogP contribution in [0.5, 0.6) is 0 Å². The van der Waals surface area contributed by atoms with Gasteiger partial charge >= 0.3 is 0 Å². The second kappa shape index (κ2) is 7.84. The Bertz CT molecular complexity index is 310. The Hall–Kier alpha value is -1.36. The van der Waals surface area contributed by atoms with Crippen molar-refractivity contribution in [1.82, 2.24) is 14.9 Å². The summed E-state index contributed by atoms with van der Waals surface area (Å²) in [5, 5.41) is 2.86. The first-order valence-corrected chi connectivity index (χ1v) is 6.23. The molecule has 1 amide bonds. The predicted molar refractivity (Wildman–Crippen MR) is 67.4 cm³/mol. The number of rotatable bonds is 8. The number of hydrogen-bond acceptors (Lipinski definition) is 3. The monoisotopic (exact) mass is 238 g/mol. The Morgan fingerprint density at radius 3 is 3.00 bits per heavy atom. The molecule has 1 heterocycles. The SMILES string of the molecule is CCC[C@H](N)C(=O)NCCCCn1ccnc1. The number of nitrogens with zero attached hydrogens (tertiary/aromatic N) is 2. The molecular formula is C12H22N4O. The maximum atomic E-state index is 11.5. The third-order valence-corrected chi connectivity index (χ3v) is 2.64. The van der Waals surface area contributed by atoms with Crippen LogP contribution < -0.4 is 11.1 Å².